The van der Waals surface area contributed by atoms with Gasteiger partial charge in [-0.1, -0.05) is 6.07 Å². The molecule has 0 bridgehead atoms. The van der Waals surface area contributed by atoms with Gasteiger partial charge in [-0.2, -0.15) is 0 Å². The van der Waals surface area contributed by atoms with Crippen LogP contribution in [0, 0.1) is 0 Å². The van der Waals surface area contributed by atoms with Gasteiger partial charge in [-0.15, -0.1) is 0 Å². The lowest BCUT2D eigenvalue weighted by Gasteiger charge is -2.33. The van der Waals surface area contributed by atoms with E-state index < -0.39 is 22.5 Å². The van der Waals surface area contributed by atoms with Crippen LogP contribution in [0.4, 0.5) is 11.4 Å². The molecule has 18 heteroatoms. The first-order valence-electron chi connectivity index (χ1n) is 16.8. The van der Waals surface area contributed by atoms with E-state index in [1.54, 1.807) is 13.1 Å². The second kappa shape index (κ2) is 15.2. The summed E-state index contributed by atoms with van der Waals surface area (Å²) < 4.78 is 7.58. The van der Waals surface area contributed by atoms with Crippen molar-refractivity contribution in [2.24, 2.45) is 28.2 Å². The van der Waals surface area contributed by atoms with Crippen LogP contribution in [-0.4, -0.2) is 94.4 Å². The lowest BCUT2D eigenvalue weighted by atomic mass is 9.90. The SMILES string of the molecule is CN(C)C1CCCC(NC(=O)Cn2cnc3c2c(=O)n(C)c(=O)n3C)C1.CN(C)c1cccc(NC(=O)Cn2cnc3c2c(=O)n(C)c(=O)n3C)c1. The van der Waals surface area contributed by atoms with Gasteiger partial charge in [0.05, 0.1) is 12.7 Å². The third-order valence-electron chi connectivity index (χ3n) is 9.45. The Labute approximate surface area is 298 Å². The molecule has 2 N–H and O–H groups in total. The molecular formula is C34H46N12O6. The minimum atomic E-state index is -0.483. The summed E-state index contributed by atoms with van der Waals surface area (Å²) in [5.41, 5.74) is 0.808. The summed E-state index contributed by atoms with van der Waals surface area (Å²) in [4.78, 5) is 86.0. The average Bonchev–Trinajstić information content (AvgIpc) is 3.73. The third-order valence-corrected chi connectivity index (χ3v) is 9.45. The molecule has 2 atom stereocenters. The van der Waals surface area contributed by atoms with Crippen molar-refractivity contribution in [3.8, 4) is 0 Å². The number of carbonyl (C=O) groups is 2. The van der Waals surface area contributed by atoms with Crippen LogP contribution in [-0.2, 0) is 50.9 Å². The number of nitrogens with one attached hydrogen (secondary N) is 2. The predicted molar refractivity (Wildman–Crippen MR) is 198 cm³/mol. The molecule has 5 aromatic rings. The van der Waals surface area contributed by atoms with E-state index in [2.05, 4.69) is 39.6 Å². The molecule has 0 aliphatic heterocycles. The van der Waals surface area contributed by atoms with Gasteiger partial charge in [0.2, 0.25) is 11.8 Å². The van der Waals surface area contributed by atoms with E-state index in [1.165, 1.54) is 52.1 Å². The first-order chi connectivity index (χ1) is 24.6. The molecule has 1 aliphatic rings. The molecule has 0 spiro atoms. The number of hydrogen-bond acceptors (Lipinski definition) is 10. The second-order valence-corrected chi connectivity index (χ2v) is 13.5. The van der Waals surface area contributed by atoms with Crippen LogP contribution in [0.3, 0.4) is 0 Å². The van der Waals surface area contributed by atoms with Crippen LogP contribution < -0.4 is 38.0 Å². The Balaban J connectivity index is 0.000000201. The minimum absolute atomic E-state index is 0.00702. The molecule has 2 unspecified atom stereocenters. The Kier molecular flexibility index (Phi) is 11.0. The number of rotatable bonds is 8. The highest BCUT2D eigenvalue weighted by atomic mass is 16.2. The van der Waals surface area contributed by atoms with Gasteiger partial charge in [0.1, 0.15) is 13.1 Å². The van der Waals surface area contributed by atoms with Gasteiger partial charge in [0.25, 0.3) is 11.1 Å². The number of carbonyl (C=O) groups excluding carboxylic acids is 2. The number of benzene rings is 1. The first-order valence-corrected chi connectivity index (χ1v) is 16.8. The summed E-state index contributed by atoms with van der Waals surface area (Å²) in [5, 5.41) is 5.88. The van der Waals surface area contributed by atoms with Crippen molar-refractivity contribution < 1.29 is 9.59 Å². The van der Waals surface area contributed by atoms with Gasteiger partial charge in [-0.3, -0.25) is 37.4 Å². The largest absolute Gasteiger partial charge is 0.378 e. The van der Waals surface area contributed by atoms with E-state index in [-0.39, 0.29) is 53.3 Å². The maximum atomic E-state index is 12.5. The van der Waals surface area contributed by atoms with Gasteiger partial charge in [0, 0.05) is 65.7 Å². The van der Waals surface area contributed by atoms with Crippen molar-refractivity contribution in [1.82, 2.24) is 47.6 Å². The van der Waals surface area contributed by atoms with Crippen LogP contribution in [0.5, 0.6) is 0 Å². The molecule has 4 heterocycles. The second-order valence-electron chi connectivity index (χ2n) is 13.5. The standard InChI is InChI=1S/C17H26N6O3.C17H20N6O3/c2*1-20(2)12-7-5-6-11(8-12)19-13(24)9-23-10-18-15-14(23)16(25)22(4)17(26)21(15)3/h10-12H,5-9H2,1-4H3,(H,19,24);5-8,10H,9H2,1-4H3,(H,19,24). The van der Waals surface area contributed by atoms with E-state index in [4.69, 9.17) is 0 Å². The highest BCUT2D eigenvalue weighted by molar-refractivity contribution is 5.92. The van der Waals surface area contributed by atoms with Crippen molar-refractivity contribution in [3.63, 3.8) is 0 Å². The summed E-state index contributed by atoms with van der Waals surface area (Å²) >= 11 is 0. The lowest BCUT2D eigenvalue weighted by Crippen LogP contribution is -2.44. The van der Waals surface area contributed by atoms with Crippen molar-refractivity contribution in [2.45, 2.75) is 50.9 Å². The summed E-state index contributed by atoms with van der Waals surface area (Å²) in [6, 6.07) is 8.05. The molecule has 18 nitrogen and oxygen atoms in total. The van der Waals surface area contributed by atoms with Crippen LogP contribution in [0.25, 0.3) is 22.3 Å². The average molecular weight is 719 g/mol. The number of nitrogens with zero attached hydrogens (tertiary/aromatic N) is 10. The molecule has 4 aromatic heterocycles. The third kappa shape index (κ3) is 7.60. The monoisotopic (exact) mass is 718 g/mol. The van der Waals surface area contributed by atoms with Crippen LogP contribution in [0.1, 0.15) is 25.7 Å². The number of aromatic nitrogens is 8. The summed E-state index contributed by atoms with van der Waals surface area (Å²) in [7, 11) is 13.9. The van der Waals surface area contributed by atoms with Gasteiger partial charge in [0.15, 0.2) is 22.3 Å². The molecule has 52 heavy (non-hydrogen) atoms. The Morgan fingerprint density at radius 3 is 1.83 bits per heavy atom. The zero-order chi connectivity index (χ0) is 38.0. The molecule has 278 valence electrons. The van der Waals surface area contributed by atoms with E-state index in [9.17, 15) is 28.8 Å². The highest BCUT2D eigenvalue weighted by Gasteiger charge is 2.25. The molecule has 0 saturated heterocycles. The normalized spacial score (nSPS) is 15.8. The fourth-order valence-electron chi connectivity index (χ4n) is 6.44. The Morgan fingerprint density at radius 2 is 1.31 bits per heavy atom. The van der Waals surface area contributed by atoms with Crippen molar-refractivity contribution in [1.29, 1.82) is 0 Å². The predicted octanol–water partition coefficient (Wildman–Crippen LogP) is -0.439. The number of fused-ring (bicyclic) bond motifs is 2. The molecule has 1 saturated carbocycles. The van der Waals surface area contributed by atoms with E-state index >= 15 is 0 Å². The number of hydrogen-bond donors (Lipinski definition) is 2. The number of amides is 2. The van der Waals surface area contributed by atoms with Gasteiger partial charge >= 0.3 is 11.4 Å². The molecule has 1 aliphatic carbocycles. The zero-order valence-electron chi connectivity index (χ0n) is 30.8. The van der Waals surface area contributed by atoms with E-state index in [1.807, 2.05) is 37.2 Å². The zero-order valence-corrected chi connectivity index (χ0v) is 30.8. The molecule has 0 radical (unpaired) electrons. The smallest absolute Gasteiger partial charge is 0.332 e. The summed E-state index contributed by atoms with van der Waals surface area (Å²) in [5.74, 6) is -0.444. The van der Waals surface area contributed by atoms with Gasteiger partial charge < -0.3 is 29.6 Å². The Morgan fingerprint density at radius 1 is 0.769 bits per heavy atom. The molecule has 2 amide bonds. The summed E-state index contributed by atoms with van der Waals surface area (Å²) in [6.45, 7) is -0.0801. The fourth-order valence-corrected chi connectivity index (χ4v) is 6.44. The quantitative estimate of drug-likeness (QED) is 0.213. The van der Waals surface area contributed by atoms with Gasteiger partial charge in [-0.25, -0.2) is 19.6 Å². The van der Waals surface area contributed by atoms with Crippen LogP contribution >= 0.6 is 0 Å². The minimum Gasteiger partial charge on any atom is -0.378 e. The highest BCUT2D eigenvalue weighted by Crippen LogP contribution is 2.22. The van der Waals surface area contributed by atoms with Crippen molar-refractivity contribution >= 4 is 45.5 Å². The first kappa shape index (κ1) is 37.5. The molecule has 1 fully saturated rings. The Hall–Kier alpha value is -5.78. The maximum absolute atomic E-state index is 12.5. The summed E-state index contributed by atoms with van der Waals surface area (Å²) in [6.07, 6.45) is 6.96. The van der Waals surface area contributed by atoms with Crippen molar-refractivity contribution in [2.75, 3.05) is 38.4 Å². The van der Waals surface area contributed by atoms with Crippen LogP contribution in [0.15, 0.2) is 56.1 Å². The van der Waals surface area contributed by atoms with Crippen molar-refractivity contribution in [3.05, 3.63) is 78.6 Å². The maximum Gasteiger partial charge on any atom is 0.332 e. The topological polar surface area (TPSA) is 188 Å². The molecule has 6 rings (SSSR count). The number of anilines is 2. The van der Waals surface area contributed by atoms with E-state index in [0.717, 1.165) is 40.5 Å². The van der Waals surface area contributed by atoms with E-state index in [0.29, 0.717) is 11.7 Å². The van der Waals surface area contributed by atoms with Crippen LogP contribution in [0.2, 0.25) is 0 Å². The number of imidazole rings is 2. The number of aryl methyl sites for hydroxylation is 2. The lowest BCUT2D eigenvalue weighted by molar-refractivity contribution is -0.122. The molecule has 1 aromatic carbocycles. The fraction of sp³-hybridized carbons (Fsp3) is 0.471. The molecular weight excluding hydrogens is 672 g/mol. The Bertz CT molecular complexity index is 2370. The van der Waals surface area contributed by atoms with Gasteiger partial charge in [-0.05, 0) is 58.0 Å².